The molecule has 0 atom stereocenters. The van der Waals surface area contributed by atoms with Crippen LogP contribution >= 0.6 is 0 Å². The predicted molar refractivity (Wildman–Crippen MR) is 58.5 cm³/mol. The maximum Gasteiger partial charge on any atom is 0.271 e. The molecular formula is C10H8N4O2. The first-order chi connectivity index (χ1) is 7.68. The van der Waals surface area contributed by atoms with E-state index in [-0.39, 0.29) is 5.69 Å². The van der Waals surface area contributed by atoms with Crippen LogP contribution in [0.5, 0.6) is 0 Å². The number of hydrogen-bond donors (Lipinski definition) is 1. The van der Waals surface area contributed by atoms with Crippen molar-refractivity contribution < 1.29 is 4.92 Å². The van der Waals surface area contributed by atoms with Gasteiger partial charge in [-0.05, 0) is 12.1 Å². The highest BCUT2D eigenvalue weighted by atomic mass is 16.6. The molecule has 80 valence electrons. The van der Waals surface area contributed by atoms with Crippen LogP contribution in [0, 0.1) is 10.1 Å². The average Bonchev–Trinajstić information content (AvgIpc) is 2.30. The number of nitrogens with zero attached hydrogens (tertiary/aromatic N) is 3. The Labute approximate surface area is 90.9 Å². The SMILES string of the molecule is Nc1cc([N+](=O)[O-])ccc1-c1ncccn1. The smallest absolute Gasteiger partial charge is 0.271 e. The largest absolute Gasteiger partial charge is 0.398 e. The third kappa shape index (κ3) is 1.81. The van der Waals surface area contributed by atoms with E-state index < -0.39 is 4.92 Å². The van der Waals surface area contributed by atoms with Crippen molar-refractivity contribution in [1.82, 2.24) is 9.97 Å². The summed E-state index contributed by atoms with van der Waals surface area (Å²) in [5, 5.41) is 10.5. The first kappa shape index (κ1) is 10.0. The third-order valence-electron chi connectivity index (χ3n) is 2.05. The fraction of sp³-hybridized carbons (Fsp3) is 0. The van der Waals surface area contributed by atoms with Crippen LogP contribution in [0.15, 0.2) is 36.7 Å². The maximum atomic E-state index is 10.5. The van der Waals surface area contributed by atoms with Crippen molar-refractivity contribution in [1.29, 1.82) is 0 Å². The Hall–Kier alpha value is -2.50. The van der Waals surface area contributed by atoms with E-state index in [9.17, 15) is 10.1 Å². The molecule has 1 aromatic heterocycles. The van der Waals surface area contributed by atoms with Crippen LogP contribution in [0.2, 0.25) is 0 Å². The van der Waals surface area contributed by atoms with Crippen molar-refractivity contribution in [3.63, 3.8) is 0 Å². The standard InChI is InChI=1S/C10H8N4O2/c11-9-6-7(14(15)16)2-3-8(9)10-12-4-1-5-13-10/h1-6H,11H2. The van der Waals surface area contributed by atoms with Crippen molar-refractivity contribution in [2.75, 3.05) is 5.73 Å². The second-order valence-electron chi connectivity index (χ2n) is 3.10. The molecule has 1 heterocycles. The van der Waals surface area contributed by atoms with Crippen molar-refractivity contribution >= 4 is 11.4 Å². The molecule has 0 aliphatic rings. The summed E-state index contributed by atoms with van der Waals surface area (Å²) in [6.45, 7) is 0. The van der Waals surface area contributed by atoms with Crippen LogP contribution in [0.3, 0.4) is 0 Å². The Morgan fingerprint density at radius 1 is 1.25 bits per heavy atom. The second-order valence-corrected chi connectivity index (χ2v) is 3.10. The van der Waals surface area contributed by atoms with Crippen LogP contribution in [-0.2, 0) is 0 Å². The molecule has 0 amide bonds. The summed E-state index contributed by atoms with van der Waals surface area (Å²) in [6.07, 6.45) is 3.17. The number of non-ortho nitro benzene ring substituents is 1. The van der Waals surface area contributed by atoms with Crippen LogP contribution < -0.4 is 5.73 Å². The molecule has 0 bridgehead atoms. The summed E-state index contributed by atoms with van der Waals surface area (Å²) in [4.78, 5) is 18.1. The van der Waals surface area contributed by atoms with Gasteiger partial charge in [0.05, 0.1) is 4.92 Å². The number of benzene rings is 1. The van der Waals surface area contributed by atoms with E-state index in [1.807, 2.05) is 0 Å². The molecule has 0 aliphatic heterocycles. The highest BCUT2D eigenvalue weighted by Gasteiger charge is 2.10. The van der Waals surface area contributed by atoms with Gasteiger partial charge in [0.25, 0.3) is 5.69 Å². The zero-order valence-electron chi connectivity index (χ0n) is 8.20. The summed E-state index contributed by atoms with van der Waals surface area (Å²) in [5.74, 6) is 0.454. The normalized spacial score (nSPS) is 10.0. The number of nitrogen functional groups attached to an aromatic ring is 1. The van der Waals surface area contributed by atoms with Crippen LogP contribution in [-0.4, -0.2) is 14.9 Å². The van der Waals surface area contributed by atoms with Gasteiger partial charge in [-0.2, -0.15) is 0 Å². The zero-order chi connectivity index (χ0) is 11.5. The summed E-state index contributed by atoms with van der Waals surface area (Å²) >= 11 is 0. The molecule has 1 aromatic carbocycles. The number of anilines is 1. The number of aromatic nitrogens is 2. The quantitative estimate of drug-likeness (QED) is 0.467. The molecule has 2 N–H and O–H groups in total. The van der Waals surface area contributed by atoms with E-state index in [1.54, 1.807) is 24.5 Å². The lowest BCUT2D eigenvalue weighted by Gasteiger charge is -2.02. The molecule has 6 heteroatoms. The van der Waals surface area contributed by atoms with Crippen molar-refractivity contribution in [2.45, 2.75) is 0 Å². The summed E-state index contributed by atoms with van der Waals surface area (Å²) in [6, 6.07) is 5.90. The van der Waals surface area contributed by atoms with Crippen molar-refractivity contribution in [2.24, 2.45) is 0 Å². The molecule has 0 fully saturated rings. The Bertz CT molecular complexity index is 528. The van der Waals surface area contributed by atoms with Gasteiger partial charge in [0.15, 0.2) is 5.82 Å². The molecule has 0 radical (unpaired) electrons. The number of nitrogens with two attached hydrogens (primary N) is 1. The van der Waals surface area contributed by atoms with E-state index in [4.69, 9.17) is 5.73 Å². The van der Waals surface area contributed by atoms with E-state index in [1.165, 1.54) is 12.1 Å². The molecule has 0 saturated carbocycles. The minimum absolute atomic E-state index is 0.0443. The molecule has 0 spiro atoms. The second kappa shape index (κ2) is 3.93. The van der Waals surface area contributed by atoms with Crippen molar-refractivity contribution in [3.8, 4) is 11.4 Å². The highest BCUT2D eigenvalue weighted by Crippen LogP contribution is 2.26. The highest BCUT2D eigenvalue weighted by molar-refractivity contribution is 5.73. The maximum absolute atomic E-state index is 10.5. The minimum atomic E-state index is -0.494. The topological polar surface area (TPSA) is 94.9 Å². The molecule has 6 nitrogen and oxygen atoms in total. The van der Waals surface area contributed by atoms with Gasteiger partial charge in [-0.25, -0.2) is 9.97 Å². The molecular weight excluding hydrogens is 208 g/mol. The first-order valence-corrected chi connectivity index (χ1v) is 4.50. The summed E-state index contributed by atoms with van der Waals surface area (Å²) in [7, 11) is 0. The average molecular weight is 216 g/mol. The molecule has 16 heavy (non-hydrogen) atoms. The van der Waals surface area contributed by atoms with Crippen LogP contribution in [0.1, 0.15) is 0 Å². The monoisotopic (exact) mass is 216 g/mol. The fourth-order valence-electron chi connectivity index (χ4n) is 1.31. The predicted octanol–water partition coefficient (Wildman–Crippen LogP) is 1.63. The van der Waals surface area contributed by atoms with Crippen LogP contribution in [0.25, 0.3) is 11.4 Å². The molecule has 0 aliphatic carbocycles. The Kier molecular flexibility index (Phi) is 2.47. The van der Waals surface area contributed by atoms with Gasteiger partial charge in [-0.15, -0.1) is 0 Å². The van der Waals surface area contributed by atoms with E-state index in [0.29, 0.717) is 17.1 Å². The van der Waals surface area contributed by atoms with Gasteiger partial charge in [-0.1, -0.05) is 0 Å². The zero-order valence-corrected chi connectivity index (χ0v) is 8.20. The molecule has 2 aromatic rings. The molecule has 2 rings (SSSR count). The Morgan fingerprint density at radius 2 is 1.94 bits per heavy atom. The summed E-state index contributed by atoms with van der Waals surface area (Å²) < 4.78 is 0. The van der Waals surface area contributed by atoms with Gasteiger partial charge in [-0.3, -0.25) is 10.1 Å². The minimum Gasteiger partial charge on any atom is -0.398 e. The van der Waals surface area contributed by atoms with Gasteiger partial charge < -0.3 is 5.73 Å². The lowest BCUT2D eigenvalue weighted by Crippen LogP contribution is -1.96. The third-order valence-corrected chi connectivity index (χ3v) is 2.05. The number of nitro groups is 1. The van der Waals surface area contributed by atoms with Crippen molar-refractivity contribution in [3.05, 3.63) is 46.8 Å². The van der Waals surface area contributed by atoms with Gasteiger partial charge in [0, 0.05) is 35.8 Å². The lowest BCUT2D eigenvalue weighted by atomic mass is 10.1. The molecule has 0 saturated heterocycles. The van der Waals surface area contributed by atoms with E-state index in [2.05, 4.69) is 9.97 Å². The number of nitro benzene ring substituents is 1. The number of rotatable bonds is 2. The number of hydrogen-bond acceptors (Lipinski definition) is 5. The molecule has 0 unspecified atom stereocenters. The van der Waals surface area contributed by atoms with Gasteiger partial charge >= 0.3 is 0 Å². The fourth-order valence-corrected chi connectivity index (χ4v) is 1.31. The summed E-state index contributed by atoms with van der Waals surface area (Å²) in [5.41, 5.74) is 6.54. The van der Waals surface area contributed by atoms with Gasteiger partial charge in [0.1, 0.15) is 0 Å². The first-order valence-electron chi connectivity index (χ1n) is 4.50. The van der Waals surface area contributed by atoms with E-state index >= 15 is 0 Å². The van der Waals surface area contributed by atoms with Crippen LogP contribution in [0.4, 0.5) is 11.4 Å². The van der Waals surface area contributed by atoms with E-state index in [0.717, 1.165) is 0 Å². The lowest BCUT2D eigenvalue weighted by molar-refractivity contribution is -0.384. The Morgan fingerprint density at radius 3 is 2.50 bits per heavy atom. The van der Waals surface area contributed by atoms with Gasteiger partial charge in [0.2, 0.25) is 0 Å². The Balaban J connectivity index is 2.48.